The minimum atomic E-state index is -0.406. The number of nitriles is 1. The van der Waals surface area contributed by atoms with Crippen LogP contribution in [-0.2, 0) is 0 Å². The summed E-state index contributed by atoms with van der Waals surface area (Å²) in [5, 5.41) is 12.0. The average molecular weight is 240 g/mol. The highest BCUT2D eigenvalue weighted by molar-refractivity contribution is 5.51. The van der Waals surface area contributed by atoms with E-state index in [1.165, 1.54) is 12.1 Å². The maximum Gasteiger partial charge on any atom is 0.126 e. The summed E-state index contributed by atoms with van der Waals surface area (Å²) in [6, 6.07) is 16.1. The van der Waals surface area contributed by atoms with Crippen LogP contribution in [0.2, 0.25) is 0 Å². The smallest absolute Gasteiger partial charge is 0.126 e. The molecular weight excluding hydrogens is 227 g/mol. The zero-order valence-electron chi connectivity index (χ0n) is 10.0. The lowest BCUT2D eigenvalue weighted by molar-refractivity contribution is 0.627. The lowest BCUT2D eigenvalue weighted by Gasteiger charge is -2.15. The third-order valence-electron chi connectivity index (χ3n) is 2.71. The molecule has 1 unspecified atom stereocenters. The molecule has 0 amide bonds. The van der Waals surface area contributed by atoms with Gasteiger partial charge in [0.05, 0.1) is 11.6 Å². The predicted octanol–water partition coefficient (Wildman–Crippen LogP) is 3.87. The van der Waals surface area contributed by atoms with Crippen molar-refractivity contribution in [2.24, 2.45) is 0 Å². The Morgan fingerprint density at radius 1 is 1.17 bits per heavy atom. The highest BCUT2D eigenvalue weighted by atomic mass is 19.1. The van der Waals surface area contributed by atoms with E-state index in [4.69, 9.17) is 5.26 Å². The molecule has 18 heavy (non-hydrogen) atoms. The van der Waals surface area contributed by atoms with Crippen molar-refractivity contribution in [2.75, 3.05) is 5.32 Å². The first-order valence-electron chi connectivity index (χ1n) is 5.71. The van der Waals surface area contributed by atoms with Crippen molar-refractivity contribution < 1.29 is 4.39 Å². The Bertz CT molecular complexity index is 573. The van der Waals surface area contributed by atoms with Crippen LogP contribution in [0.15, 0.2) is 48.5 Å². The zero-order chi connectivity index (χ0) is 13.0. The minimum absolute atomic E-state index is 0.0551. The lowest BCUT2D eigenvalue weighted by atomic mass is 10.1. The Morgan fingerprint density at radius 3 is 2.56 bits per heavy atom. The monoisotopic (exact) mass is 240 g/mol. The second-order valence-electron chi connectivity index (χ2n) is 4.12. The summed E-state index contributed by atoms with van der Waals surface area (Å²) in [6.45, 7) is 1.99. The van der Waals surface area contributed by atoms with Crippen molar-refractivity contribution in [1.82, 2.24) is 0 Å². The molecule has 3 heteroatoms. The van der Waals surface area contributed by atoms with Gasteiger partial charge in [-0.3, -0.25) is 0 Å². The zero-order valence-corrected chi connectivity index (χ0v) is 10.0. The van der Waals surface area contributed by atoms with Crippen LogP contribution in [0.3, 0.4) is 0 Å². The maximum atomic E-state index is 13.3. The second kappa shape index (κ2) is 5.33. The highest BCUT2D eigenvalue weighted by Gasteiger charge is 2.06. The number of benzene rings is 2. The van der Waals surface area contributed by atoms with Crippen LogP contribution < -0.4 is 5.32 Å². The van der Waals surface area contributed by atoms with Gasteiger partial charge in [-0.1, -0.05) is 30.3 Å². The van der Waals surface area contributed by atoms with Crippen molar-refractivity contribution in [1.29, 1.82) is 5.26 Å². The van der Waals surface area contributed by atoms with Crippen LogP contribution in [0, 0.1) is 17.1 Å². The van der Waals surface area contributed by atoms with E-state index in [0.717, 1.165) is 5.56 Å². The molecule has 0 saturated carbocycles. The molecule has 0 bridgehead atoms. The standard InChI is InChI=1S/C15H13FN2/c1-11(13-5-3-2-4-6-13)18-15-8-12(10-17)7-14(16)9-15/h2-9,11,18H,1H3. The van der Waals surface area contributed by atoms with Gasteiger partial charge >= 0.3 is 0 Å². The molecule has 0 aliphatic rings. The topological polar surface area (TPSA) is 35.8 Å². The van der Waals surface area contributed by atoms with Crippen LogP contribution in [-0.4, -0.2) is 0 Å². The molecule has 2 nitrogen and oxygen atoms in total. The molecule has 0 fully saturated rings. The number of halogens is 1. The highest BCUT2D eigenvalue weighted by Crippen LogP contribution is 2.20. The van der Waals surface area contributed by atoms with Gasteiger partial charge < -0.3 is 5.32 Å². The Kier molecular flexibility index (Phi) is 3.59. The molecule has 2 aromatic carbocycles. The molecule has 2 rings (SSSR count). The number of nitrogens with one attached hydrogen (secondary N) is 1. The van der Waals surface area contributed by atoms with Gasteiger partial charge in [-0.2, -0.15) is 5.26 Å². The fourth-order valence-corrected chi connectivity index (χ4v) is 1.81. The van der Waals surface area contributed by atoms with Crippen LogP contribution >= 0.6 is 0 Å². The summed E-state index contributed by atoms with van der Waals surface area (Å²) < 4.78 is 13.3. The van der Waals surface area contributed by atoms with Gasteiger partial charge in [0.2, 0.25) is 0 Å². The third kappa shape index (κ3) is 2.86. The molecule has 0 aliphatic heterocycles. The Balaban J connectivity index is 2.20. The number of hydrogen-bond acceptors (Lipinski definition) is 2. The van der Waals surface area contributed by atoms with E-state index < -0.39 is 5.82 Å². The summed E-state index contributed by atoms with van der Waals surface area (Å²) >= 11 is 0. The van der Waals surface area contributed by atoms with Gasteiger partial charge in [-0.25, -0.2) is 4.39 Å². The maximum absolute atomic E-state index is 13.3. The van der Waals surface area contributed by atoms with E-state index in [9.17, 15) is 4.39 Å². The van der Waals surface area contributed by atoms with E-state index in [-0.39, 0.29) is 6.04 Å². The quantitative estimate of drug-likeness (QED) is 0.884. The number of hydrogen-bond donors (Lipinski definition) is 1. The largest absolute Gasteiger partial charge is 0.378 e. The van der Waals surface area contributed by atoms with Gasteiger partial charge in [-0.05, 0) is 30.7 Å². The van der Waals surface area contributed by atoms with Gasteiger partial charge in [0, 0.05) is 11.7 Å². The van der Waals surface area contributed by atoms with Crippen molar-refractivity contribution in [2.45, 2.75) is 13.0 Å². The number of nitrogens with zero attached hydrogens (tertiary/aromatic N) is 1. The molecule has 0 aliphatic carbocycles. The van der Waals surface area contributed by atoms with Gasteiger partial charge in [0.1, 0.15) is 5.82 Å². The van der Waals surface area contributed by atoms with Crippen molar-refractivity contribution in [3.63, 3.8) is 0 Å². The molecule has 1 atom stereocenters. The van der Waals surface area contributed by atoms with Gasteiger partial charge in [0.15, 0.2) is 0 Å². The molecule has 1 N–H and O–H groups in total. The van der Waals surface area contributed by atoms with E-state index in [0.29, 0.717) is 11.3 Å². The van der Waals surface area contributed by atoms with E-state index >= 15 is 0 Å². The second-order valence-corrected chi connectivity index (χ2v) is 4.12. The summed E-state index contributed by atoms with van der Waals surface area (Å²) in [4.78, 5) is 0. The first kappa shape index (κ1) is 12.1. The normalized spacial score (nSPS) is 11.6. The fourth-order valence-electron chi connectivity index (χ4n) is 1.81. The Labute approximate surface area is 106 Å². The molecule has 0 heterocycles. The summed E-state index contributed by atoms with van der Waals surface area (Å²) in [6.07, 6.45) is 0. The van der Waals surface area contributed by atoms with Crippen LogP contribution in [0.5, 0.6) is 0 Å². The summed E-state index contributed by atoms with van der Waals surface area (Å²) in [5.41, 5.74) is 2.04. The molecule has 0 radical (unpaired) electrons. The third-order valence-corrected chi connectivity index (χ3v) is 2.71. The summed E-state index contributed by atoms with van der Waals surface area (Å²) in [5.74, 6) is -0.406. The van der Waals surface area contributed by atoms with E-state index in [1.807, 2.05) is 43.3 Å². The van der Waals surface area contributed by atoms with Crippen LogP contribution in [0.4, 0.5) is 10.1 Å². The Morgan fingerprint density at radius 2 is 1.89 bits per heavy atom. The Hall–Kier alpha value is -2.34. The van der Waals surface area contributed by atoms with Gasteiger partial charge in [-0.15, -0.1) is 0 Å². The predicted molar refractivity (Wildman–Crippen MR) is 69.6 cm³/mol. The van der Waals surface area contributed by atoms with Crippen LogP contribution in [0.25, 0.3) is 0 Å². The number of anilines is 1. The first-order chi connectivity index (χ1) is 8.69. The lowest BCUT2D eigenvalue weighted by Crippen LogP contribution is -2.06. The van der Waals surface area contributed by atoms with Crippen molar-refractivity contribution in [3.05, 3.63) is 65.5 Å². The van der Waals surface area contributed by atoms with E-state index in [2.05, 4.69) is 5.32 Å². The molecule has 0 saturated heterocycles. The average Bonchev–Trinajstić information content (AvgIpc) is 2.39. The first-order valence-corrected chi connectivity index (χ1v) is 5.71. The minimum Gasteiger partial charge on any atom is -0.378 e. The summed E-state index contributed by atoms with van der Waals surface area (Å²) in [7, 11) is 0. The molecular formula is C15H13FN2. The molecule has 0 aromatic heterocycles. The SMILES string of the molecule is CC(Nc1cc(F)cc(C#N)c1)c1ccccc1. The van der Waals surface area contributed by atoms with Crippen LogP contribution in [0.1, 0.15) is 24.1 Å². The van der Waals surface area contributed by atoms with E-state index in [1.54, 1.807) is 6.07 Å². The molecule has 2 aromatic rings. The van der Waals surface area contributed by atoms with Crippen molar-refractivity contribution >= 4 is 5.69 Å². The fraction of sp³-hybridized carbons (Fsp3) is 0.133. The van der Waals surface area contributed by atoms with Gasteiger partial charge in [0.25, 0.3) is 0 Å². The molecule has 0 spiro atoms. The van der Waals surface area contributed by atoms with Crippen molar-refractivity contribution in [3.8, 4) is 6.07 Å². The number of rotatable bonds is 3. The molecule has 90 valence electrons.